The zero-order chi connectivity index (χ0) is 10.8. The van der Waals surface area contributed by atoms with Crippen molar-refractivity contribution in [1.29, 1.82) is 0 Å². The summed E-state index contributed by atoms with van der Waals surface area (Å²) < 4.78 is 11.8. The Morgan fingerprint density at radius 1 is 1.53 bits per heavy atom. The molecule has 3 nitrogen and oxygen atoms in total. The van der Waals surface area contributed by atoms with Crippen LogP contribution in [0.5, 0.6) is 5.75 Å². The van der Waals surface area contributed by atoms with E-state index in [4.69, 9.17) is 9.15 Å². The molecule has 0 spiro atoms. The molecule has 2 rings (SSSR count). The number of halogens is 1. The first kappa shape index (κ1) is 10.5. The van der Waals surface area contributed by atoms with Crippen LogP contribution in [0, 0.1) is 0 Å². The lowest BCUT2D eigenvalue weighted by Gasteiger charge is -2.09. The van der Waals surface area contributed by atoms with Crippen molar-refractivity contribution >= 4 is 26.9 Å². The van der Waals surface area contributed by atoms with E-state index in [2.05, 4.69) is 21.2 Å². The first-order valence-corrected chi connectivity index (χ1v) is 5.44. The van der Waals surface area contributed by atoms with Crippen molar-refractivity contribution in [3.8, 4) is 5.75 Å². The van der Waals surface area contributed by atoms with Gasteiger partial charge in [0, 0.05) is 22.0 Å². The Morgan fingerprint density at radius 3 is 3.00 bits per heavy atom. The van der Waals surface area contributed by atoms with Gasteiger partial charge in [-0.3, -0.25) is 0 Å². The Balaban J connectivity index is 2.69. The van der Waals surface area contributed by atoms with E-state index in [1.165, 1.54) is 0 Å². The van der Waals surface area contributed by atoms with Crippen molar-refractivity contribution in [2.45, 2.75) is 6.54 Å². The predicted octanol–water partition coefficient (Wildman–Crippen LogP) is 2.92. The van der Waals surface area contributed by atoms with E-state index in [-0.39, 0.29) is 0 Å². The fraction of sp³-hybridized carbons (Fsp3) is 0.273. The summed E-state index contributed by atoms with van der Waals surface area (Å²) >= 11 is 3.52. The monoisotopic (exact) mass is 269 g/mol. The highest BCUT2D eigenvalue weighted by Gasteiger charge is 2.13. The number of nitrogens with one attached hydrogen (secondary N) is 1. The standard InChI is InChI=1S/C11H12BrNO2/c1-13-6-7-5-9(12)8-3-4-15-11(8)10(7)14-2/h3-5,13H,6H2,1-2H3. The van der Waals surface area contributed by atoms with Gasteiger partial charge in [0.15, 0.2) is 11.3 Å². The van der Waals surface area contributed by atoms with Gasteiger partial charge in [0.05, 0.1) is 13.4 Å². The van der Waals surface area contributed by atoms with Gasteiger partial charge in [-0.1, -0.05) is 15.9 Å². The Kier molecular flexibility index (Phi) is 2.98. The van der Waals surface area contributed by atoms with Gasteiger partial charge in [-0.2, -0.15) is 0 Å². The third-order valence-electron chi connectivity index (χ3n) is 2.29. The Hall–Kier alpha value is -1.00. The molecule has 0 radical (unpaired) electrons. The summed E-state index contributed by atoms with van der Waals surface area (Å²) in [6, 6.07) is 3.97. The van der Waals surface area contributed by atoms with E-state index >= 15 is 0 Å². The smallest absolute Gasteiger partial charge is 0.177 e. The van der Waals surface area contributed by atoms with Crippen molar-refractivity contribution < 1.29 is 9.15 Å². The van der Waals surface area contributed by atoms with Crippen molar-refractivity contribution in [3.63, 3.8) is 0 Å². The summed E-state index contributed by atoms with van der Waals surface area (Å²) in [6.45, 7) is 0.748. The molecule has 15 heavy (non-hydrogen) atoms. The van der Waals surface area contributed by atoms with Gasteiger partial charge in [-0.05, 0) is 19.2 Å². The minimum atomic E-state index is 0.748. The number of rotatable bonds is 3. The predicted molar refractivity (Wildman–Crippen MR) is 63.2 cm³/mol. The average molecular weight is 270 g/mol. The molecule has 0 unspecified atom stereocenters. The molecule has 0 aliphatic heterocycles. The number of hydrogen-bond acceptors (Lipinski definition) is 3. The maximum absolute atomic E-state index is 5.42. The van der Waals surface area contributed by atoms with Crippen molar-refractivity contribution in [2.24, 2.45) is 0 Å². The molecule has 1 N–H and O–H groups in total. The first-order chi connectivity index (χ1) is 7.27. The molecule has 0 aliphatic rings. The molecule has 0 saturated carbocycles. The number of hydrogen-bond donors (Lipinski definition) is 1. The van der Waals surface area contributed by atoms with E-state index in [9.17, 15) is 0 Å². The van der Waals surface area contributed by atoms with E-state index in [1.807, 2.05) is 19.2 Å². The summed E-state index contributed by atoms with van der Waals surface area (Å²) in [5.41, 5.74) is 1.87. The molecular formula is C11H12BrNO2. The van der Waals surface area contributed by atoms with Gasteiger partial charge < -0.3 is 14.5 Å². The Morgan fingerprint density at radius 2 is 2.33 bits per heavy atom. The Labute approximate surface area is 96.5 Å². The molecule has 1 aromatic heterocycles. The summed E-state index contributed by atoms with van der Waals surface area (Å²) in [5, 5.41) is 4.13. The normalized spacial score (nSPS) is 10.9. The topological polar surface area (TPSA) is 34.4 Å². The zero-order valence-corrected chi connectivity index (χ0v) is 10.2. The number of furan rings is 1. The van der Waals surface area contributed by atoms with Crippen LogP contribution in [0.2, 0.25) is 0 Å². The van der Waals surface area contributed by atoms with Crippen LogP contribution in [0.1, 0.15) is 5.56 Å². The molecule has 0 atom stereocenters. The molecule has 0 saturated heterocycles. The van der Waals surface area contributed by atoms with Gasteiger partial charge in [0.2, 0.25) is 0 Å². The second kappa shape index (κ2) is 4.24. The maximum Gasteiger partial charge on any atom is 0.177 e. The lowest BCUT2D eigenvalue weighted by atomic mass is 10.1. The summed E-state index contributed by atoms with van der Waals surface area (Å²) in [4.78, 5) is 0. The summed E-state index contributed by atoms with van der Waals surface area (Å²) in [5.74, 6) is 0.799. The highest BCUT2D eigenvalue weighted by molar-refractivity contribution is 9.10. The molecule has 0 bridgehead atoms. The number of fused-ring (bicyclic) bond motifs is 1. The highest BCUT2D eigenvalue weighted by atomic mass is 79.9. The molecular weight excluding hydrogens is 258 g/mol. The second-order valence-corrected chi connectivity index (χ2v) is 4.10. The molecule has 2 aromatic rings. The third kappa shape index (κ3) is 1.75. The quantitative estimate of drug-likeness (QED) is 0.931. The lowest BCUT2D eigenvalue weighted by Crippen LogP contribution is -2.06. The molecule has 4 heteroatoms. The van der Waals surface area contributed by atoms with Crippen LogP contribution < -0.4 is 10.1 Å². The van der Waals surface area contributed by atoms with Crippen LogP contribution in [-0.2, 0) is 6.54 Å². The van der Waals surface area contributed by atoms with Crippen molar-refractivity contribution in [2.75, 3.05) is 14.2 Å². The van der Waals surface area contributed by atoms with Gasteiger partial charge in [-0.15, -0.1) is 0 Å². The zero-order valence-electron chi connectivity index (χ0n) is 8.63. The highest BCUT2D eigenvalue weighted by Crippen LogP contribution is 2.35. The number of ether oxygens (including phenoxy) is 1. The molecule has 0 amide bonds. The maximum atomic E-state index is 5.42. The van der Waals surface area contributed by atoms with Crippen LogP contribution >= 0.6 is 15.9 Å². The molecule has 0 aliphatic carbocycles. The SMILES string of the molecule is CNCc1cc(Br)c2ccoc2c1OC. The first-order valence-electron chi connectivity index (χ1n) is 4.65. The largest absolute Gasteiger partial charge is 0.492 e. The van der Waals surface area contributed by atoms with Crippen LogP contribution in [0.4, 0.5) is 0 Å². The third-order valence-corrected chi connectivity index (χ3v) is 2.95. The van der Waals surface area contributed by atoms with E-state index in [1.54, 1.807) is 13.4 Å². The lowest BCUT2D eigenvalue weighted by molar-refractivity contribution is 0.404. The van der Waals surface area contributed by atoms with Gasteiger partial charge >= 0.3 is 0 Å². The molecule has 0 fully saturated rings. The van der Waals surface area contributed by atoms with Gasteiger partial charge in [0.1, 0.15) is 0 Å². The van der Waals surface area contributed by atoms with Crippen LogP contribution in [0.15, 0.2) is 27.3 Å². The fourth-order valence-electron chi connectivity index (χ4n) is 1.66. The fourth-order valence-corrected chi connectivity index (χ4v) is 2.25. The van der Waals surface area contributed by atoms with E-state index < -0.39 is 0 Å². The average Bonchev–Trinajstić information content (AvgIpc) is 2.68. The van der Waals surface area contributed by atoms with Crippen LogP contribution in [-0.4, -0.2) is 14.2 Å². The van der Waals surface area contributed by atoms with E-state index in [0.29, 0.717) is 0 Å². The van der Waals surface area contributed by atoms with Gasteiger partial charge in [-0.25, -0.2) is 0 Å². The number of benzene rings is 1. The second-order valence-electron chi connectivity index (χ2n) is 3.24. The van der Waals surface area contributed by atoms with E-state index in [0.717, 1.165) is 33.3 Å². The summed E-state index contributed by atoms with van der Waals surface area (Å²) in [7, 11) is 3.56. The molecule has 80 valence electrons. The van der Waals surface area contributed by atoms with Crippen LogP contribution in [0.3, 0.4) is 0 Å². The van der Waals surface area contributed by atoms with Gasteiger partial charge in [0.25, 0.3) is 0 Å². The molecule has 1 aromatic carbocycles. The number of methoxy groups -OCH3 is 1. The van der Waals surface area contributed by atoms with Crippen molar-refractivity contribution in [3.05, 3.63) is 28.4 Å². The Bertz CT molecular complexity index is 479. The molecule has 1 heterocycles. The minimum Gasteiger partial charge on any atom is -0.492 e. The van der Waals surface area contributed by atoms with Crippen LogP contribution in [0.25, 0.3) is 11.0 Å². The minimum absolute atomic E-state index is 0.748. The summed E-state index contributed by atoms with van der Waals surface area (Å²) in [6.07, 6.45) is 1.67. The van der Waals surface area contributed by atoms with Crippen molar-refractivity contribution in [1.82, 2.24) is 5.32 Å².